The normalized spacial score (nSPS) is 52.2. The monoisotopic (exact) mass is 520 g/mol. The first kappa shape index (κ1) is 28.3. The summed E-state index contributed by atoms with van der Waals surface area (Å²) < 4.78 is 12.2. The smallest absolute Gasteiger partial charge is 0.187 e. The lowest BCUT2D eigenvalue weighted by atomic mass is 9.47. The van der Waals surface area contributed by atoms with E-state index in [0.717, 1.165) is 48.3 Å². The molecule has 5 nitrogen and oxygen atoms in total. The minimum Gasteiger partial charge on any atom is -0.394 e. The van der Waals surface area contributed by atoms with Crippen LogP contribution in [0.15, 0.2) is 0 Å². The molecule has 1 aliphatic heterocycles. The second-order valence-corrected chi connectivity index (χ2v) is 15.3. The molecular weight excluding hydrogens is 464 g/mol. The van der Waals surface area contributed by atoms with E-state index in [2.05, 4.69) is 41.5 Å². The van der Waals surface area contributed by atoms with E-state index in [1.54, 1.807) is 0 Å². The second-order valence-electron chi connectivity index (χ2n) is 15.3. The highest BCUT2D eigenvalue weighted by Gasteiger charge is 2.64. The Kier molecular flexibility index (Phi) is 7.91. The number of hydrogen-bond acceptors (Lipinski definition) is 5. The predicted molar refractivity (Wildman–Crippen MR) is 146 cm³/mol. The van der Waals surface area contributed by atoms with Crippen molar-refractivity contribution in [2.45, 2.75) is 142 Å². The summed E-state index contributed by atoms with van der Waals surface area (Å²) in [6.45, 7) is 14.4. The molecule has 1 heterocycles. The van der Waals surface area contributed by atoms with E-state index >= 15 is 0 Å². The van der Waals surface area contributed by atoms with Gasteiger partial charge in [0.1, 0.15) is 18.3 Å². The van der Waals surface area contributed by atoms with Crippen molar-refractivity contribution in [3.05, 3.63) is 0 Å². The average Bonchev–Trinajstić information content (AvgIpc) is 3.42. The second kappa shape index (κ2) is 10.3. The lowest BCUT2D eigenvalue weighted by molar-refractivity contribution is -0.225. The van der Waals surface area contributed by atoms with Gasteiger partial charge in [-0.1, -0.05) is 53.9 Å². The molecule has 5 fully saturated rings. The maximum atomic E-state index is 10.5. The van der Waals surface area contributed by atoms with Gasteiger partial charge in [-0.2, -0.15) is 0 Å². The zero-order valence-corrected chi connectivity index (χ0v) is 24.5. The van der Waals surface area contributed by atoms with Crippen LogP contribution in [-0.2, 0) is 9.47 Å². The van der Waals surface area contributed by atoms with Gasteiger partial charge in [0.25, 0.3) is 0 Å². The van der Waals surface area contributed by atoms with Crippen molar-refractivity contribution >= 4 is 0 Å². The van der Waals surface area contributed by atoms with Gasteiger partial charge in [0.15, 0.2) is 6.29 Å². The molecule has 37 heavy (non-hydrogen) atoms. The zero-order chi connectivity index (χ0) is 26.8. The summed E-state index contributed by atoms with van der Waals surface area (Å²) in [6.07, 6.45) is 10.5. The lowest BCUT2D eigenvalue weighted by Gasteiger charge is -2.58. The summed E-state index contributed by atoms with van der Waals surface area (Å²) in [4.78, 5) is 0. The highest BCUT2D eigenvalue weighted by Crippen LogP contribution is 2.70. The van der Waals surface area contributed by atoms with Crippen LogP contribution < -0.4 is 0 Å². The van der Waals surface area contributed by atoms with Gasteiger partial charge in [-0.25, -0.2) is 0 Å². The first-order valence-electron chi connectivity index (χ1n) is 15.7. The largest absolute Gasteiger partial charge is 0.394 e. The number of fused-ring (bicyclic) bond motifs is 5. The van der Waals surface area contributed by atoms with Crippen molar-refractivity contribution in [2.75, 3.05) is 6.61 Å². The van der Waals surface area contributed by atoms with E-state index in [1.165, 1.54) is 57.8 Å². The SMILES string of the molecule is CC(C)CCC[C@@H](C)[C@H]1CC[C@H]2[C@@H]3CC[C@H]4C[C@@](C)(O[C@H]5O[C@H](CO)[C@@H](O)[C@@H]5O)C[C@]4(C)[C@H]3CC[C@]12C. The first-order chi connectivity index (χ1) is 17.4. The molecule has 0 aromatic rings. The fourth-order valence-corrected chi connectivity index (χ4v) is 10.9. The molecule has 0 unspecified atom stereocenters. The standard InChI is InChI=1S/C32H56O5/c1-19(2)8-7-9-20(3)23-12-13-24-22-11-10-21-16-30(4,37-29-28(35)27(34)26(17-33)36-29)18-32(21,6)25(22)14-15-31(23,24)5/h19-29,33-35H,7-18H2,1-6H3/t20-,21+,22+,23-,24+,25+,26-,27-,28+,29-,30-,31-,32+/m1/s1. The van der Waals surface area contributed by atoms with Crippen LogP contribution in [0.25, 0.3) is 0 Å². The number of aliphatic hydroxyl groups excluding tert-OH is 3. The van der Waals surface area contributed by atoms with E-state index < -0.39 is 24.6 Å². The summed E-state index contributed by atoms with van der Waals surface area (Å²) in [5, 5.41) is 30.2. The molecule has 3 N–H and O–H groups in total. The zero-order valence-electron chi connectivity index (χ0n) is 24.5. The molecule has 0 amide bonds. The Morgan fingerprint density at radius 1 is 0.892 bits per heavy atom. The van der Waals surface area contributed by atoms with Gasteiger partial charge in [-0.05, 0) is 111 Å². The van der Waals surface area contributed by atoms with Crippen molar-refractivity contribution in [1.29, 1.82) is 0 Å². The topological polar surface area (TPSA) is 79.2 Å². The highest BCUT2D eigenvalue weighted by atomic mass is 16.7. The van der Waals surface area contributed by atoms with Crippen molar-refractivity contribution in [1.82, 2.24) is 0 Å². The molecule has 4 saturated carbocycles. The highest BCUT2D eigenvalue weighted by molar-refractivity contribution is 5.13. The Balaban J connectivity index is 1.27. The van der Waals surface area contributed by atoms with Crippen LogP contribution in [0.4, 0.5) is 0 Å². The average molecular weight is 521 g/mol. The molecule has 1 saturated heterocycles. The van der Waals surface area contributed by atoms with Gasteiger partial charge >= 0.3 is 0 Å². The number of hydrogen-bond donors (Lipinski definition) is 3. The van der Waals surface area contributed by atoms with Crippen LogP contribution in [0.1, 0.15) is 112 Å². The number of rotatable bonds is 8. The Morgan fingerprint density at radius 3 is 2.30 bits per heavy atom. The van der Waals surface area contributed by atoms with E-state index in [4.69, 9.17) is 9.47 Å². The van der Waals surface area contributed by atoms with Crippen LogP contribution in [0.5, 0.6) is 0 Å². The van der Waals surface area contributed by atoms with Crippen LogP contribution >= 0.6 is 0 Å². The first-order valence-corrected chi connectivity index (χ1v) is 15.7. The predicted octanol–water partition coefficient (Wildman–Crippen LogP) is 5.93. The van der Waals surface area contributed by atoms with Crippen molar-refractivity contribution in [3.63, 3.8) is 0 Å². The maximum Gasteiger partial charge on any atom is 0.187 e. The fourth-order valence-electron chi connectivity index (χ4n) is 10.9. The van der Waals surface area contributed by atoms with Crippen LogP contribution in [0.3, 0.4) is 0 Å². The molecule has 0 aromatic carbocycles. The minimum absolute atomic E-state index is 0.262. The van der Waals surface area contributed by atoms with E-state index in [9.17, 15) is 15.3 Å². The lowest BCUT2D eigenvalue weighted by Crippen LogP contribution is -2.51. The van der Waals surface area contributed by atoms with Gasteiger partial charge in [-0.15, -0.1) is 0 Å². The van der Waals surface area contributed by atoms with Gasteiger partial charge < -0.3 is 24.8 Å². The van der Waals surface area contributed by atoms with E-state index in [0.29, 0.717) is 11.3 Å². The third-order valence-corrected chi connectivity index (χ3v) is 12.6. The summed E-state index contributed by atoms with van der Waals surface area (Å²) in [6, 6.07) is 0. The molecule has 5 rings (SSSR count). The molecule has 0 spiro atoms. The van der Waals surface area contributed by atoms with Gasteiger partial charge in [0.05, 0.1) is 12.2 Å². The third-order valence-electron chi connectivity index (χ3n) is 12.6. The molecule has 0 bridgehead atoms. The van der Waals surface area contributed by atoms with E-state index in [-0.39, 0.29) is 17.6 Å². The molecule has 0 aromatic heterocycles. The Hall–Kier alpha value is -0.200. The van der Waals surface area contributed by atoms with Gasteiger partial charge in [0.2, 0.25) is 0 Å². The number of ether oxygens (including phenoxy) is 2. The Labute approximate surface area is 226 Å². The van der Waals surface area contributed by atoms with E-state index in [1.807, 2.05) is 0 Å². The van der Waals surface area contributed by atoms with Gasteiger partial charge in [-0.3, -0.25) is 0 Å². The summed E-state index contributed by atoms with van der Waals surface area (Å²) in [5.74, 6) is 5.66. The van der Waals surface area contributed by atoms with Crippen LogP contribution in [-0.4, -0.2) is 52.1 Å². The van der Waals surface area contributed by atoms with Crippen LogP contribution in [0.2, 0.25) is 0 Å². The van der Waals surface area contributed by atoms with Crippen LogP contribution in [0, 0.1) is 52.3 Å². The molecule has 5 heteroatoms. The summed E-state index contributed by atoms with van der Waals surface area (Å²) in [7, 11) is 0. The summed E-state index contributed by atoms with van der Waals surface area (Å²) >= 11 is 0. The number of aliphatic hydroxyl groups is 3. The van der Waals surface area contributed by atoms with Crippen molar-refractivity contribution in [2.24, 2.45) is 52.3 Å². The summed E-state index contributed by atoms with van der Waals surface area (Å²) in [5.41, 5.74) is 0.406. The molecule has 0 radical (unpaired) electrons. The Bertz CT molecular complexity index is 802. The fraction of sp³-hybridized carbons (Fsp3) is 1.00. The third kappa shape index (κ3) is 4.85. The Morgan fingerprint density at radius 2 is 1.62 bits per heavy atom. The van der Waals surface area contributed by atoms with Crippen molar-refractivity contribution in [3.8, 4) is 0 Å². The minimum atomic E-state index is -1.11. The maximum absolute atomic E-state index is 10.5. The molecule has 4 aliphatic carbocycles. The quantitative estimate of drug-likeness (QED) is 0.370. The molecule has 13 atom stereocenters. The van der Waals surface area contributed by atoms with Crippen molar-refractivity contribution < 1.29 is 24.8 Å². The van der Waals surface area contributed by atoms with Gasteiger partial charge in [0, 0.05) is 0 Å². The molecule has 5 aliphatic rings. The molecular formula is C32H56O5. The molecule has 214 valence electrons.